The molecule has 3 rings (SSSR count). The van der Waals surface area contributed by atoms with Crippen molar-refractivity contribution in [3.63, 3.8) is 0 Å². The molecule has 6 heteroatoms. The van der Waals surface area contributed by atoms with Crippen molar-refractivity contribution >= 4 is 6.09 Å². The molecule has 1 aliphatic heterocycles. The number of rotatable bonds is 6. The summed E-state index contributed by atoms with van der Waals surface area (Å²) in [7, 11) is 1.66. The van der Waals surface area contributed by atoms with E-state index in [-0.39, 0.29) is 18.2 Å². The van der Waals surface area contributed by atoms with Gasteiger partial charge in [0, 0.05) is 30.6 Å². The van der Waals surface area contributed by atoms with E-state index in [0.717, 1.165) is 35.3 Å². The van der Waals surface area contributed by atoms with E-state index in [1.807, 2.05) is 75.9 Å². The zero-order valence-corrected chi connectivity index (χ0v) is 22.2. The molecule has 190 valence electrons. The van der Waals surface area contributed by atoms with E-state index in [2.05, 4.69) is 35.4 Å². The van der Waals surface area contributed by atoms with E-state index < -0.39 is 11.0 Å². The smallest absolute Gasteiger partial charge is 0.410 e. The molecule has 1 saturated heterocycles. The first-order valence-electron chi connectivity index (χ1n) is 12.4. The van der Waals surface area contributed by atoms with Gasteiger partial charge in [-0.1, -0.05) is 42.3 Å². The van der Waals surface area contributed by atoms with Gasteiger partial charge in [-0.25, -0.2) is 4.79 Å². The van der Waals surface area contributed by atoms with Crippen LogP contribution in [0.4, 0.5) is 4.79 Å². The zero-order valence-electron chi connectivity index (χ0n) is 22.2. The quantitative estimate of drug-likeness (QED) is 0.527. The fraction of sp³-hybridized carbons (Fsp3) is 0.467. The summed E-state index contributed by atoms with van der Waals surface area (Å²) < 4.78 is 11.4. The summed E-state index contributed by atoms with van der Waals surface area (Å²) in [5, 5.41) is 12.6. The molecule has 0 radical (unpaired) electrons. The lowest BCUT2D eigenvalue weighted by Gasteiger charge is -2.42. The Morgan fingerprint density at radius 2 is 1.86 bits per heavy atom. The van der Waals surface area contributed by atoms with Gasteiger partial charge in [0.1, 0.15) is 11.4 Å². The zero-order chi connectivity index (χ0) is 26.3. The van der Waals surface area contributed by atoms with Gasteiger partial charge in [-0.3, -0.25) is 4.90 Å². The summed E-state index contributed by atoms with van der Waals surface area (Å²) in [5.41, 5.74) is 2.06. The summed E-state index contributed by atoms with van der Waals surface area (Å²) in [6.07, 6.45) is 1.52. The molecule has 0 spiro atoms. The highest BCUT2D eigenvalue weighted by Gasteiger charge is 2.37. The second-order valence-electron chi connectivity index (χ2n) is 10.7. The van der Waals surface area contributed by atoms with Crippen molar-refractivity contribution < 1.29 is 14.3 Å². The van der Waals surface area contributed by atoms with Gasteiger partial charge in [-0.15, -0.1) is 0 Å². The van der Waals surface area contributed by atoms with Gasteiger partial charge in [0.25, 0.3) is 0 Å². The molecule has 2 aromatic carbocycles. The van der Waals surface area contributed by atoms with Crippen molar-refractivity contribution in [1.82, 2.24) is 10.2 Å². The molecule has 2 aromatic rings. The Labute approximate surface area is 215 Å². The van der Waals surface area contributed by atoms with Crippen LogP contribution >= 0.6 is 0 Å². The molecular formula is C30H37N3O3. The lowest BCUT2D eigenvalue weighted by atomic mass is 9.84. The first-order valence-corrected chi connectivity index (χ1v) is 12.4. The lowest BCUT2D eigenvalue weighted by Crippen LogP contribution is -2.51. The maximum Gasteiger partial charge on any atom is 0.410 e. The number of amides is 1. The second-order valence-corrected chi connectivity index (χ2v) is 10.7. The van der Waals surface area contributed by atoms with E-state index in [1.54, 1.807) is 7.11 Å². The molecule has 0 unspecified atom stereocenters. The molecule has 1 fully saturated rings. The standard InChI is InChI=1S/C30H37N3O3/c1-29(2,3)36-28(34)33-19-10-14-25(27(33)22-12-8-7-9-13-22)32-21-23-20-24(15-16-26(23)35-6)30(4,5)17-11-18-31/h7-9,12-13,15-16,20,25,27,32H,10,14,19,21H2,1-6H3/t25-,27-/m0/s1. The van der Waals surface area contributed by atoms with Crippen molar-refractivity contribution in [1.29, 1.82) is 5.26 Å². The number of ether oxygens (including phenoxy) is 2. The number of carbonyl (C=O) groups is 1. The highest BCUT2D eigenvalue weighted by molar-refractivity contribution is 5.69. The first-order chi connectivity index (χ1) is 17.1. The number of nitrogens with one attached hydrogen (secondary N) is 1. The molecule has 6 nitrogen and oxygen atoms in total. The summed E-state index contributed by atoms with van der Waals surface area (Å²) in [6.45, 7) is 10.9. The SMILES string of the molecule is COc1ccc(C(C)(C)C#CC#N)cc1CN[C@H]1CCCN(C(=O)OC(C)(C)C)[C@H]1c1ccccc1. The Balaban J connectivity index is 1.89. The van der Waals surface area contributed by atoms with Crippen LogP contribution in [-0.2, 0) is 16.7 Å². The predicted octanol–water partition coefficient (Wildman–Crippen LogP) is 5.73. The average Bonchev–Trinajstić information content (AvgIpc) is 2.85. The third-order valence-electron chi connectivity index (χ3n) is 6.39. The Kier molecular flexibility index (Phi) is 8.66. The Morgan fingerprint density at radius 1 is 1.14 bits per heavy atom. The van der Waals surface area contributed by atoms with Crippen LogP contribution in [0, 0.1) is 23.2 Å². The normalized spacial score (nSPS) is 18.0. The van der Waals surface area contributed by atoms with Gasteiger partial charge in [0.05, 0.1) is 18.6 Å². The van der Waals surface area contributed by atoms with Crippen LogP contribution < -0.4 is 10.1 Å². The van der Waals surface area contributed by atoms with Crippen molar-refractivity contribution in [3.05, 3.63) is 65.2 Å². The maximum absolute atomic E-state index is 13.2. The molecule has 0 saturated carbocycles. The van der Waals surface area contributed by atoms with Crippen molar-refractivity contribution in [2.45, 2.75) is 77.1 Å². The molecule has 0 aromatic heterocycles. The number of nitriles is 1. The third-order valence-corrected chi connectivity index (χ3v) is 6.39. The van der Waals surface area contributed by atoms with Gasteiger partial charge in [-0.05, 0) is 70.7 Å². The second kappa shape index (κ2) is 11.5. The minimum Gasteiger partial charge on any atom is -0.496 e. The molecule has 0 aliphatic carbocycles. The molecule has 1 heterocycles. The van der Waals surface area contributed by atoms with E-state index in [1.165, 1.54) is 0 Å². The number of benzene rings is 2. The number of hydrogen-bond acceptors (Lipinski definition) is 5. The Bertz CT molecular complexity index is 1150. The van der Waals surface area contributed by atoms with E-state index in [9.17, 15) is 4.79 Å². The van der Waals surface area contributed by atoms with E-state index in [4.69, 9.17) is 14.7 Å². The monoisotopic (exact) mass is 487 g/mol. The van der Waals surface area contributed by atoms with Crippen molar-refractivity contribution in [3.8, 4) is 23.7 Å². The average molecular weight is 488 g/mol. The topological polar surface area (TPSA) is 74.6 Å². The maximum atomic E-state index is 13.2. The summed E-state index contributed by atoms with van der Waals surface area (Å²) in [4.78, 5) is 15.0. The Hall–Kier alpha value is -3.48. The predicted molar refractivity (Wildman–Crippen MR) is 141 cm³/mol. The van der Waals surface area contributed by atoms with Crippen LogP contribution in [0.3, 0.4) is 0 Å². The van der Waals surface area contributed by atoms with E-state index >= 15 is 0 Å². The number of likely N-dealkylation sites (tertiary alicyclic amines) is 1. The van der Waals surface area contributed by atoms with Crippen LogP contribution in [0.5, 0.6) is 5.75 Å². The van der Waals surface area contributed by atoms with Crippen molar-refractivity contribution in [2.24, 2.45) is 0 Å². The number of carbonyl (C=O) groups excluding carboxylic acids is 1. The van der Waals surface area contributed by atoms with Crippen LogP contribution in [-0.4, -0.2) is 36.3 Å². The molecule has 36 heavy (non-hydrogen) atoms. The molecule has 2 atom stereocenters. The fourth-order valence-corrected chi connectivity index (χ4v) is 4.60. The Morgan fingerprint density at radius 3 is 2.50 bits per heavy atom. The third kappa shape index (κ3) is 6.80. The van der Waals surface area contributed by atoms with Crippen LogP contribution in [0.2, 0.25) is 0 Å². The first kappa shape index (κ1) is 27.1. The molecular weight excluding hydrogens is 450 g/mol. The highest BCUT2D eigenvalue weighted by atomic mass is 16.6. The summed E-state index contributed by atoms with van der Waals surface area (Å²) in [5.74, 6) is 6.35. The van der Waals surface area contributed by atoms with Gasteiger partial charge < -0.3 is 14.8 Å². The van der Waals surface area contributed by atoms with Crippen LogP contribution in [0.25, 0.3) is 0 Å². The summed E-state index contributed by atoms with van der Waals surface area (Å²) >= 11 is 0. The van der Waals surface area contributed by atoms with Crippen LogP contribution in [0.15, 0.2) is 48.5 Å². The minimum absolute atomic E-state index is 0.0356. The lowest BCUT2D eigenvalue weighted by molar-refractivity contribution is 0.00380. The number of hydrogen-bond donors (Lipinski definition) is 1. The van der Waals surface area contributed by atoms with Gasteiger partial charge in [0.15, 0.2) is 6.07 Å². The van der Waals surface area contributed by atoms with Crippen molar-refractivity contribution in [2.75, 3.05) is 13.7 Å². The number of nitrogens with zero attached hydrogens (tertiary/aromatic N) is 2. The van der Waals surface area contributed by atoms with Crippen LogP contribution in [0.1, 0.15) is 70.2 Å². The molecule has 1 aliphatic rings. The van der Waals surface area contributed by atoms with Gasteiger partial charge in [-0.2, -0.15) is 5.26 Å². The number of piperidine rings is 1. The molecule has 1 N–H and O–H groups in total. The molecule has 0 bridgehead atoms. The fourth-order valence-electron chi connectivity index (χ4n) is 4.60. The van der Waals surface area contributed by atoms with Gasteiger partial charge in [0.2, 0.25) is 0 Å². The largest absolute Gasteiger partial charge is 0.496 e. The summed E-state index contributed by atoms with van der Waals surface area (Å²) in [6, 6.07) is 18.0. The minimum atomic E-state index is -0.562. The number of methoxy groups -OCH3 is 1. The molecule has 1 amide bonds. The van der Waals surface area contributed by atoms with Gasteiger partial charge >= 0.3 is 6.09 Å². The van der Waals surface area contributed by atoms with E-state index in [0.29, 0.717) is 13.1 Å². The highest BCUT2D eigenvalue weighted by Crippen LogP contribution is 2.34.